The van der Waals surface area contributed by atoms with Crippen molar-refractivity contribution in [3.63, 3.8) is 0 Å². The van der Waals surface area contributed by atoms with Gasteiger partial charge in [0, 0.05) is 11.8 Å². The third-order valence-corrected chi connectivity index (χ3v) is 3.19. The number of nitrogens with zero attached hydrogens (tertiary/aromatic N) is 1. The van der Waals surface area contributed by atoms with Crippen LogP contribution in [0.2, 0.25) is 0 Å². The molecule has 0 aliphatic heterocycles. The third kappa shape index (κ3) is 2.20. The average molecular weight is 253 g/mol. The van der Waals surface area contributed by atoms with Crippen LogP contribution >= 0.6 is 0 Å². The quantitative estimate of drug-likeness (QED) is 0.758. The minimum Gasteiger partial charge on any atom is -0.384 e. The summed E-state index contributed by atoms with van der Waals surface area (Å²) in [6.45, 7) is 0. The monoisotopic (exact) mass is 253 g/mol. The standard InChI is InChI=1S/C16H12FNO/c17-15-10-18-8-7-14(15)16(19)13-6-5-11-3-1-2-4-12(11)9-13/h1-10,16,19H. The van der Waals surface area contributed by atoms with Gasteiger partial charge in [0.2, 0.25) is 0 Å². The Kier molecular flexibility index (Phi) is 2.97. The lowest BCUT2D eigenvalue weighted by molar-refractivity contribution is 0.215. The van der Waals surface area contributed by atoms with Crippen molar-refractivity contribution in [2.75, 3.05) is 0 Å². The molecule has 3 rings (SSSR count). The highest BCUT2D eigenvalue weighted by Gasteiger charge is 2.14. The van der Waals surface area contributed by atoms with Gasteiger partial charge in [-0.15, -0.1) is 0 Å². The third-order valence-electron chi connectivity index (χ3n) is 3.19. The van der Waals surface area contributed by atoms with E-state index in [0.29, 0.717) is 5.56 Å². The first-order valence-corrected chi connectivity index (χ1v) is 6.02. The molecule has 0 amide bonds. The Morgan fingerprint density at radius 3 is 2.58 bits per heavy atom. The molecule has 3 aromatic rings. The lowest BCUT2D eigenvalue weighted by Crippen LogP contribution is -2.02. The Balaban J connectivity index is 2.07. The van der Waals surface area contributed by atoms with E-state index in [1.165, 1.54) is 12.3 Å². The molecule has 0 radical (unpaired) electrons. The van der Waals surface area contributed by atoms with Gasteiger partial charge in [0.25, 0.3) is 0 Å². The van der Waals surface area contributed by atoms with Crippen LogP contribution in [-0.4, -0.2) is 10.1 Å². The van der Waals surface area contributed by atoms with Crippen LogP contribution in [0.1, 0.15) is 17.2 Å². The molecule has 0 bridgehead atoms. The van der Waals surface area contributed by atoms with Gasteiger partial charge in [-0.05, 0) is 28.5 Å². The number of halogens is 1. The highest BCUT2D eigenvalue weighted by Crippen LogP contribution is 2.26. The summed E-state index contributed by atoms with van der Waals surface area (Å²) in [5, 5.41) is 12.4. The largest absolute Gasteiger partial charge is 0.384 e. The van der Waals surface area contributed by atoms with E-state index in [1.807, 2.05) is 42.5 Å². The number of aromatic nitrogens is 1. The molecule has 0 aliphatic rings. The molecule has 1 N–H and O–H groups in total. The van der Waals surface area contributed by atoms with E-state index in [9.17, 15) is 9.50 Å². The summed E-state index contributed by atoms with van der Waals surface area (Å²) < 4.78 is 13.6. The molecular weight excluding hydrogens is 241 g/mol. The van der Waals surface area contributed by atoms with Crippen LogP contribution in [0.15, 0.2) is 60.9 Å². The van der Waals surface area contributed by atoms with Crippen LogP contribution in [0, 0.1) is 5.82 Å². The van der Waals surface area contributed by atoms with Crippen molar-refractivity contribution in [1.82, 2.24) is 4.98 Å². The van der Waals surface area contributed by atoms with Crippen molar-refractivity contribution in [2.24, 2.45) is 0 Å². The van der Waals surface area contributed by atoms with E-state index in [-0.39, 0.29) is 5.56 Å². The highest BCUT2D eigenvalue weighted by atomic mass is 19.1. The van der Waals surface area contributed by atoms with Crippen LogP contribution in [0.25, 0.3) is 10.8 Å². The molecule has 0 spiro atoms. The first kappa shape index (κ1) is 11.8. The van der Waals surface area contributed by atoms with Gasteiger partial charge in [0.15, 0.2) is 0 Å². The fourth-order valence-electron chi connectivity index (χ4n) is 2.17. The molecule has 1 aromatic heterocycles. The molecule has 0 saturated carbocycles. The fourth-order valence-corrected chi connectivity index (χ4v) is 2.17. The van der Waals surface area contributed by atoms with Gasteiger partial charge in [-0.2, -0.15) is 0 Å². The molecular formula is C16H12FNO. The van der Waals surface area contributed by atoms with Crippen molar-refractivity contribution in [1.29, 1.82) is 0 Å². The molecule has 1 heterocycles. The van der Waals surface area contributed by atoms with Gasteiger partial charge in [-0.25, -0.2) is 4.39 Å². The Hall–Kier alpha value is -2.26. The van der Waals surface area contributed by atoms with Crippen molar-refractivity contribution in [3.8, 4) is 0 Å². The summed E-state index contributed by atoms with van der Waals surface area (Å²) in [5.74, 6) is -0.497. The maximum Gasteiger partial charge on any atom is 0.147 e. The summed E-state index contributed by atoms with van der Waals surface area (Å²) >= 11 is 0. The first-order chi connectivity index (χ1) is 9.25. The van der Waals surface area contributed by atoms with Crippen molar-refractivity contribution >= 4 is 10.8 Å². The number of fused-ring (bicyclic) bond motifs is 1. The molecule has 1 unspecified atom stereocenters. The second kappa shape index (κ2) is 4.78. The van der Waals surface area contributed by atoms with Gasteiger partial charge in [0.05, 0.1) is 6.20 Å². The fraction of sp³-hybridized carbons (Fsp3) is 0.0625. The highest BCUT2D eigenvalue weighted by molar-refractivity contribution is 5.83. The molecule has 19 heavy (non-hydrogen) atoms. The first-order valence-electron chi connectivity index (χ1n) is 6.02. The van der Waals surface area contributed by atoms with Crippen LogP contribution in [0.4, 0.5) is 4.39 Å². The second-order valence-electron chi connectivity index (χ2n) is 4.41. The van der Waals surface area contributed by atoms with Crippen LogP contribution < -0.4 is 0 Å². The number of benzene rings is 2. The molecule has 0 fully saturated rings. The summed E-state index contributed by atoms with van der Waals surface area (Å²) in [4.78, 5) is 3.68. The summed E-state index contributed by atoms with van der Waals surface area (Å²) in [5.41, 5.74) is 0.911. The SMILES string of the molecule is OC(c1ccc2ccccc2c1)c1ccncc1F. The molecule has 0 aliphatic carbocycles. The topological polar surface area (TPSA) is 33.1 Å². The number of aliphatic hydroxyl groups is 1. The van der Waals surface area contributed by atoms with Crippen molar-refractivity contribution in [3.05, 3.63) is 77.9 Å². The van der Waals surface area contributed by atoms with Crippen LogP contribution in [0.5, 0.6) is 0 Å². The number of pyridine rings is 1. The van der Waals surface area contributed by atoms with E-state index in [4.69, 9.17) is 0 Å². The van der Waals surface area contributed by atoms with E-state index < -0.39 is 11.9 Å². The maximum absolute atomic E-state index is 13.6. The predicted octanol–water partition coefficient (Wildman–Crippen LogP) is 3.46. The Morgan fingerprint density at radius 1 is 1.00 bits per heavy atom. The van der Waals surface area contributed by atoms with E-state index in [2.05, 4.69) is 4.98 Å². The van der Waals surface area contributed by atoms with Crippen molar-refractivity contribution in [2.45, 2.75) is 6.10 Å². The lowest BCUT2D eigenvalue weighted by Gasteiger charge is -2.12. The zero-order valence-corrected chi connectivity index (χ0v) is 10.1. The van der Waals surface area contributed by atoms with Gasteiger partial charge in [-0.1, -0.05) is 36.4 Å². The Labute approximate surface area is 110 Å². The number of rotatable bonds is 2. The summed E-state index contributed by atoms with van der Waals surface area (Å²) in [6.07, 6.45) is 1.61. The van der Waals surface area contributed by atoms with Gasteiger partial charge in [-0.3, -0.25) is 4.98 Å². The van der Waals surface area contributed by atoms with Crippen LogP contribution in [-0.2, 0) is 0 Å². The number of hydrogen-bond acceptors (Lipinski definition) is 2. The predicted molar refractivity (Wildman–Crippen MR) is 72.2 cm³/mol. The Morgan fingerprint density at radius 2 is 1.79 bits per heavy atom. The molecule has 3 heteroatoms. The van der Waals surface area contributed by atoms with Gasteiger partial charge < -0.3 is 5.11 Å². The average Bonchev–Trinajstić information content (AvgIpc) is 2.46. The van der Waals surface area contributed by atoms with E-state index in [1.54, 1.807) is 0 Å². The van der Waals surface area contributed by atoms with Crippen LogP contribution in [0.3, 0.4) is 0 Å². The summed E-state index contributed by atoms with van der Waals surface area (Å²) in [7, 11) is 0. The van der Waals surface area contributed by atoms with E-state index >= 15 is 0 Å². The molecule has 0 saturated heterocycles. The van der Waals surface area contributed by atoms with Gasteiger partial charge >= 0.3 is 0 Å². The molecule has 2 aromatic carbocycles. The second-order valence-corrected chi connectivity index (χ2v) is 4.41. The molecule has 1 atom stereocenters. The number of hydrogen-bond donors (Lipinski definition) is 1. The Bertz CT molecular complexity index is 727. The molecule has 2 nitrogen and oxygen atoms in total. The molecule has 94 valence electrons. The zero-order valence-electron chi connectivity index (χ0n) is 10.1. The zero-order chi connectivity index (χ0) is 13.2. The number of aliphatic hydroxyl groups excluding tert-OH is 1. The lowest BCUT2D eigenvalue weighted by atomic mass is 9.99. The summed E-state index contributed by atoms with van der Waals surface area (Å²) in [6, 6.07) is 15.0. The normalized spacial score (nSPS) is 12.5. The minimum atomic E-state index is -0.979. The minimum absolute atomic E-state index is 0.241. The van der Waals surface area contributed by atoms with Crippen molar-refractivity contribution < 1.29 is 9.50 Å². The maximum atomic E-state index is 13.6. The van der Waals surface area contributed by atoms with E-state index in [0.717, 1.165) is 17.0 Å². The smallest absolute Gasteiger partial charge is 0.147 e. The van der Waals surface area contributed by atoms with Gasteiger partial charge in [0.1, 0.15) is 11.9 Å².